The van der Waals surface area contributed by atoms with E-state index in [-0.39, 0.29) is 18.2 Å². The van der Waals surface area contributed by atoms with Crippen LogP contribution in [0.5, 0.6) is 0 Å². The van der Waals surface area contributed by atoms with Crippen LogP contribution in [-0.2, 0) is 9.59 Å². The molecule has 1 aliphatic rings. The number of anilines is 2. The van der Waals surface area contributed by atoms with E-state index in [1.54, 1.807) is 36.0 Å². The molecule has 2 aromatic carbocycles. The maximum atomic E-state index is 12.6. The molecule has 1 N–H and O–H groups in total. The van der Waals surface area contributed by atoms with Crippen molar-refractivity contribution in [1.29, 1.82) is 0 Å². The quantitative estimate of drug-likeness (QED) is 0.675. The zero-order chi connectivity index (χ0) is 16.4. The van der Waals surface area contributed by atoms with Crippen LogP contribution < -0.4 is 10.2 Å². The number of imide groups is 1. The SMILES string of the molecule is CSc1cccc(N[C@@H]2CC(=O)N(c3cccc(Cl)c3)C2=O)c1. The number of hydrogen-bond acceptors (Lipinski definition) is 4. The lowest BCUT2D eigenvalue weighted by Gasteiger charge is -2.16. The maximum Gasteiger partial charge on any atom is 0.256 e. The van der Waals surface area contributed by atoms with Gasteiger partial charge in [0.05, 0.1) is 12.1 Å². The summed E-state index contributed by atoms with van der Waals surface area (Å²) in [5.74, 6) is -0.484. The Morgan fingerprint density at radius 1 is 1.17 bits per heavy atom. The molecule has 0 aliphatic carbocycles. The molecule has 1 aliphatic heterocycles. The second-order valence-corrected chi connectivity index (χ2v) is 6.50. The van der Waals surface area contributed by atoms with Gasteiger partial charge in [0.15, 0.2) is 0 Å². The highest BCUT2D eigenvalue weighted by atomic mass is 35.5. The average molecular weight is 347 g/mol. The highest BCUT2D eigenvalue weighted by Crippen LogP contribution is 2.27. The Balaban J connectivity index is 1.81. The summed E-state index contributed by atoms with van der Waals surface area (Å²) in [4.78, 5) is 27.1. The van der Waals surface area contributed by atoms with Gasteiger partial charge in [-0.05, 0) is 42.7 Å². The fraction of sp³-hybridized carbons (Fsp3) is 0.176. The molecule has 0 unspecified atom stereocenters. The molecule has 6 heteroatoms. The van der Waals surface area contributed by atoms with Crippen molar-refractivity contribution in [2.45, 2.75) is 17.4 Å². The van der Waals surface area contributed by atoms with Gasteiger partial charge in [-0.15, -0.1) is 11.8 Å². The lowest BCUT2D eigenvalue weighted by atomic mass is 10.2. The predicted molar refractivity (Wildman–Crippen MR) is 94.2 cm³/mol. The number of rotatable bonds is 4. The van der Waals surface area contributed by atoms with Crippen LogP contribution in [0.1, 0.15) is 6.42 Å². The molecule has 3 rings (SSSR count). The third-order valence-electron chi connectivity index (χ3n) is 3.62. The van der Waals surface area contributed by atoms with Crippen molar-refractivity contribution in [3.8, 4) is 0 Å². The van der Waals surface area contributed by atoms with E-state index >= 15 is 0 Å². The number of amides is 2. The van der Waals surface area contributed by atoms with E-state index < -0.39 is 6.04 Å². The Labute approximate surface area is 143 Å². The number of nitrogens with one attached hydrogen (secondary N) is 1. The van der Waals surface area contributed by atoms with Crippen LogP contribution in [0.4, 0.5) is 11.4 Å². The van der Waals surface area contributed by atoms with E-state index in [0.717, 1.165) is 10.6 Å². The van der Waals surface area contributed by atoms with E-state index in [2.05, 4.69) is 5.32 Å². The highest BCUT2D eigenvalue weighted by Gasteiger charge is 2.39. The minimum atomic E-state index is -0.557. The largest absolute Gasteiger partial charge is 0.373 e. The molecule has 0 spiro atoms. The first-order chi connectivity index (χ1) is 11.1. The summed E-state index contributed by atoms with van der Waals surface area (Å²) < 4.78 is 0. The molecule has 1 atom stereocenters. The van der Waals surface area contributed by atoms with E-state index in [1.807, 2.05) is 30.5 Å². The number of thioether (sulfide) groups is 1. The molecule has 23 heavy (non-hydrogen) atoms. The summed E-state index contributed by atoms with van der Waals surface area (Å²) in [5, 5.41) is 3.64. The van der Waals surface area contributed by atoms with Crippen LogP contribution in [0.2, 0.25) is 5.02 Å². The number of halogens is 1. The van der Waals surface area contributed by atoms with Crippen molar-refractivity contribution in [3.63, 3.8) is 0 Å². The molecule has 0 radical (unpaired) electrons. The maximum absolute atomic E-state index is 12.6. The van der Waals surface area contributed by atoms with Crippen molar-refractivity contribution in [1.82, 2.24) is 0 Å². The number of carbonyl (C=O) groups excluding carboxylic acids is 2. The molecular formula is C17H15ClN2O2S. The van der Waals surface area contributed by atoms with Gasteiger partial charge in [-0.3, -0.25) is 9.59 Å². The van der Waals surface area contributed by atoms with Gasteiger partial charge in [-0.1, -0.05) is 23.7 Å². The zero-order valence-corrected chi connectivity index (χ0v) is 14.0. The second-order valence-electron chi connectivity index (χ2n) is 5.18. The minimum Gasteiger partial charge on any atom is -0.373 e. The summed E-state index contributed by atoms with van der Waals surface area (Å²) in [7, 11) is 0. The summed E-state index contributed by atoms with van der Waals surface area (Å²) >= 11 is 7.58. The van der Waals surface area contributed by atoms with E-state index in [4.69, 9.17) is 11.6 Å². The van der Waals surface area contributed by atoms with Crippen LogP contribution in [0.25, 0.3) is 0 Å². The number of benzene rings is 2. The first-order valence-electron chi connectivity index (χ1n) is 7.11. The molecule has 2 aromatic rings. The van der Waals surface area contributed by atoms with Crippen LogP contribution in [0.3, 0.4) is 0 Å². The zero-order valence-electron chi connectivity index (χ0n) is 12.5. The lowest BCUT2D eigenvalue weighted by molar-refractivity contribution is -0.121. The van der Waals surface area contributed by atoms with Crippen molar-refractivity contribution in [2.75, 3.05) is 16.5 Å². The van der Waals surface area contributed by atoms with Gasteiger partial charge in [0, 0.05) is 15.6 Å². The molecule has 1 saturated heterocycles. The fourth-order valence-electron chi connectivity index (χ4n) is 2.55. The first-order valence-corrected chi connectivity index (χ1v) is 8.72. The molecule has 118 valence electrons. The monoisotopic (exact) mass is 346 g/mol. The number of hydrogen-bond donors (Lipinski definition) is 1. The molecule has 0 saturated carbocycles. The molecule has 0 aromatic heterocycles. The standard InChI is InChI=1S/C17H15ClN2O2S/c1-23-14-7-3-5-12(9-14)19-15-10-16(21)20(17(15)22)13-6-2-4-11(18)8-13/h2-9,15,19H,10H2,1H3/t15-/m1/s1. The summed E-state index contributed by atoms with van der Waals surface area (Å²) in [6.07, 6.45) is 2.12. The number of nitrogens with zero attached hydrogens (tertiary/aromatic N) is 1. The van der Waals surface area contributed by atoms with Gasteiger partial charge in [0.2, 0.25) is 5.91 Å². The van der Waals surface area contributed by atoms with E-state index in [1.165, 1.54) is 4.90 Å². The van der Waals surface area contributed by atoms with Crippen LogP contribution in [0.15, 0.2) is 53.4 Å². The summed E-state index contributed by atoms with van der Waals surface area (Å²) in [6, 6.07) is 14.0. The van der Waals surface area contributed by atoms with Gasteiger partial charge < -0.3 is 5.32 Å². The van der Waals surface area contributed by atoms with Crippen LogP contribution in [0, 0.1) is 0 Å². The van der Waals surface area contributed by atoms with Crippen molar-refractivity contribution >= 4 is 46.6 Å². The lowest BCUT2D eigenvalue weighted by Crippen LogP contribution is -2.34. The first kappa shape index (κ1) is 15.9. The Morgan fingerprint density at radius 2 is 1.96 bits per heavy atom. The van der Waals surface area contributed by atoms with Gasteiger partial charge in [-0.2, -0.15) is 0 Å². The van der Waals surface area contributed by atoms with Gasteiger partial charge in [0.25, 0.3) is 5.91 Å². The van der Waals surface area contributed by atoms with E-state index in [0.29, 0.717) is 10.7 Å². The smallest absolute Gasteiger partial charge is 0.256 e. The van der Waals surface area contributed by atoms with Gasteiger partial charge in [-0.25, -0.2) is 4.90 Å². The van der Waals surface area contributed by atoms with Crippen molar-refractivity contribution in [3.05, 3.63) is 53.6 Å². The Morgan fingerprint density at radius 3 is 2.70 bits per heavy atom. The Bertz CT molecular complexity index is 766. The van der Waals surface area contributed by atoms with Crippen molar-refractivity contribution < 1.29 is 9.59 Å². The summed E-state index contributed by atoms with van der Waals surface area (Å²) in [5.41, 5.74) is 1.34. The van der Waals surface area contributed by atoms with Crippen LogP contribution in [-0.4, -0.2) is 24.1 Å². The number of carbonyl (C=O) groups is 2. The molecule has 0 bridgehead atoms. The molecule has 1 fully saturated rings. The van der Waals surface area contributed by atoms with Crippen LogP contribution >= 0.6 is 23.4 Å². The van der Waals surface area contributed by atoms with Crippen molar-refractivity contribution in [2.24, 2.45) is 0 Å². The van der Waals surface area contributed by atoms with Gasteiger partial charge >= 0.3 is 0 Å². The third-order valence-corrected chi connectivity index (χ3v) is 4.58. The molecule has 1 heterocycles. The Kier molecular flexibility index (Phi) is 4.59. The normalized spacial score (nSPS) is 17.7. The topological polar surface area (TPSA) is 49.4 Å². The molecular weight excluding hydrogens is 332 g/mol. The Hall–Kier alpha value is -1.98. The summed E-state index contributed by atoms with van der Waals surface area (Å²) in [6.45, 7) is 0. The second kappa shape index (κ2) is 6.64. The molecule has 4 nitrogen and oxygen atoms in total. The highest BCUT2D eigenvalue weighted by molar-refractivity contribution is 7.98. The fourth-order valence-corrected chi connectivity index (χ4v) is 3.19. The minimum absolute atomic E-state index is 0.134. The molecule has 2 amide bonds. The third kappa shape index (κ3) is 3.35. The van der Waals surface area contributed by atoms with E-state index in [9.17, 15) is 9.59 Å². The average Bonchev–Trinajstić information content (AvgIpc) is 2.81. The predicted octanol–water partition coefficient (Wildman–Crippen LogP) is 3.81. The van der Waals surface area contributed by atoms with Gasteiger partial charge in [0.1, 0.15) is 6.04 Å².